The monoisotopic (exact) mass is 513 g/mol. The summed E-state index contributed by atoms with van der Waals surface area (Å²) in [5, 5.41) is 2.17. The second-order valence-corrected chi connectivity index (χ2v) is 11.4. The first-order valence-corrected chi connectivity index (χ1v) is 15.5. The quantitative estimate of drug-likeness (QED) is 0.153. The molecule has 1 aliphatic carbocycles. The average molecular weight is 514 g/mol. The number of hydrogen-bond acceptors (Lipinski definition) is 4. The Bertz CT molecular complexity index is 780. The highest BCUT2D eigenvalue weighted by atomic mass is 32.1. The van der Waals surface area contributed by atoms with Gasteiger partial charge in [0.05, 0.1) is 0 Å². The Morgan fingerprint density at radius 3 is 2.50 bits per heavy atom. The van der Waals surface area contributed by atoms with Crippen LogP contribution in [-0.4, -0.2) is 30.0 Å². The van der Waals surface area contributed by atoms with E-state index in [1.165, 1.54) is 49.8 Å². The number of nitrogens with zero attached hydrogens (tertiary/aromatic N) is 1. The van der Waals surface area contributed by atoms with Gasteiger partial charge in [-0.05, 0) is 62.6 Å². The lowest BCUT2D eigenvalue weighted by Crippen LogP contribution is -2.37. The summed E-state index contributed by atoms with van der Waals surface area (Å²) in [6.07, 6.45) is 24.1. The minimum Gasteiger partial charge on any atom is -0.431 e. The molecule has 1 unspecified atom stereocenters. The number of unbranched alkanes of at least 4 members (excludes halogenated alkanes) is 8. The molecule has 0 aromatic carbocycles. The van der Waals surface area contributed by atoms with Crippen molar-refractivity contribution in [3.8, 4) is 0 Å². The van der Waals surface area contributed by atoms with Gasteiger partial charge in [-0.3, -0.25) is 9.69 Å². The van der Waals surface area contributed by atoms with Gasteiger partial charge >= 0.3 is 5.97 Å². The van der Waals surface area contributed by atoms with Crippen LogP contribution in [0.3, 0.4) is 0 Å². The first kappa shape index (κ1) is 30.6. The summed E-state index contributed by atoms with van der Waals surface area (Å²) in [5.74, 6) is 0.731. The van der Waals surface area contributed by atoms with Crippen molar-refractivity contribution in [1.29, 1.82) is 0 Å². The van der Waals surface area contributed by atoms with Gasteiger partial charge in [-0.15, -0.1) is 11.3 Å². The van der Waals surface area contributed by atoms with Crippen molar-refractivity contribution in [2.24, 2.45) is 0 Å². The van der Waals surface area contributed by atoms with E-state index < -0.39 is 0 Å². The lowest BCUT2D eigenvalue weighted by molar-refractivity contribution is -0.139. The Morgan fingerprint density at radius 1 is 1.06 bits per heavy atom. The zero-order valence-electron chi connectivity index (χ0n) is 23.1. The van der Waals surface area contributed by atoms with Crippen LogP contribution in [0.4, 0.5) is 0 Å². The third-order valence-electron chi connectivity index (χ3n) is 7.05. The highest BCUT2D eigenvalue weighted by Crippen LogP contribution is 2.23. The Hall–Kier alpha value is -1.65. The largest absolute Gasteiger partial charge is 0.431 e. The van der Waals surface area contributed by atoms with E-state index in [1.54, 1.807) is 0 Å². The molecule has 1 aliphatic rings. The topological polar surface area (TPSA) is 29.5 Å². The van der Waals surface area contributed by atoms with Crippen LogP contribution in [0.15, 0.2) is 53.7 Å². The average Bonchev–Trinajstić information content (AvgIpc) is 3.38. The maximum Gasteiger partial charge on any atom is 0.310 e. The van der Waals surface area contributed by atoms with E-state index in [0.717, 1.165) is 75.8 Å². The second kappa shape index (κ2) is 19.5. The van der Waals surface area contributed by atoms with Crippen LogP contribution in [-0.2, 0) is 16.0 Å². The summed E-state index contributed by atoms with van der Waals surface area (Å²) in [7, 11) is 0. The van der Waals surface area contributed by atoms with Crippen molar-refractivity contribution in [2.45, 2.75) is 123 Å². The summed E-state index contributed by atoms with van der Waals surface area (Å²) in [5.41, 5.74) is 1.15. The highest BCUT2D eigenvalue weighted by molar-refractivity contribution is 7.09. The normalized spacial score (nSPS) is 19.1. The molecule has 1 heterocycles. The first-order valence-electron chi connectivity index (χ1n) is 14.6. The summed E-state index contributed by atoms with van der Waals surface area (Å²) < 4.78 is 5.80. The Kier molecular flexibility index (Phi) is 16.5. The third kappa shape index (κ3) is 13.6. The molecule has 0 aliphatic heterocycles. The SMILES string of the molecule is C=C1/C=C\C=C(\OC(=O)CCCCCCCCCCC)CCCC(N(CCC)CCc2cccs2)C1. The molecule has 0 saturated heterocycles. The molecule has 2 rings (SSSR count). The molecule has 1 aromatic rings. The standard InChI is InChI=1S/C32H51NO2S/c1-4-6-7-8-9-10-11-12-13-22-32(34)35-30-19-14-17-28(3)27-29(18-15-20-30)33(24-5-2)25-23-31-21-16-26-36-31/h14,16-17,19,21,26,29H,3-13,15,18,20,22-25,27H2,1-2H3/b17-14-,30-19+. The Morgan fingerprint density at radius 2 is 1.81 bits per heavy atom. The van der Waals surface area contributed by atoms with Crippen LogP contribution in [0.25, 0.3) is 0 Å². The fourth-order valence-corrected chi connectivity index (χ4v) is 5.70. The molecule has 0 radical (unpaired) electrons. The molecule has 0 amide bonds. The van der Waals surface area contributed by atoms with Crippen molar-refractivity contribution < 1.29 is 9.53 Å². The van der Waals surface area contributed by atoms with Gasteiger partial charge in [-0.1, -0.05) is 95.6 Å². The number of esters is 1. The Labute approximate surface area is 225 Å². The molecule has 3 nitrogen and oxygen atoms in total. The molecule has 0 spiro atoms. The van der Waals surface area contributed by atoms with E-state index >= 15 is 0 Å². The maximum atomic E-state index is 12.5. The van der Waals surface area contributed by atoms with E-state index in [2.05, 4.69) is 48.9 Å². The fraction of sp³-hybridized carbons (Fsp3) is 0.656. The van der Waals surface area contributed by atoms with Crippen molar-refractivity contribution in [1.82, 2.24) is 4.90 Å². The number of ether oxygens (including phenoxy) is 1. The molecule has 4 heteroatoms. The van der Waals surface area contributed by atoms with Gasteiger partial charge in [-0.25, -0.2) is 0 Å². The summed E-state index contributed by atoms with van der Waals surface area (Å²) in [6, 6.07) is 4.87. The molecule has 0 bridgehead atoms. The van der Waals surface area contributed by atoms with Crippen LogP contribution >= 0.6 is 11.3 Å². The van der Waals surface area contributed by atoms with Gasteiger partial charge in [0, 0.05) is 30.3 Å². The van der Waals surface area contributed by atoms with Crippen molar-refractivity contribution in [3.05, 3.63) is 58.5 Å². The van der Waals surface area contributed by atoms with Gasteiger partial charge in [0.2, 0.25) is 0 Å². The van der Waals surface area contributed by atoms with E-state index in [1.807, 2.05) is 23.5 Å². The smallest absolute Gasteiger partial charge is 0.310 e. The lowest BCUT2D eigenvalue weighted by atomic mass is 9.97. The number of carbonyl (C=O) groups is 1. The van der Waals surface area contributed by atoms with E-state index in [0.29, 0.717) is 12.5 Å². The van der Waals surface area contributed by atoms with E-state index in [-0.39, 0.29) is 5.97 Å². The zero-order chi connectivity index (χ0) is 25.8. The molecule has 0 fully saturated rings. The van der Waals surface area contributed by atoms with Gasteiger partial charge in [0.25, 0.3) is 0 Å². The predicted octanol–water partition coefficient (Wildman–Crippen LogP) is 9.41. The number of allylic oxidation sites excluding steroid dienone is 4. The van der Waals surface area contributed by atoms with E-state index in [9.17, 15) is 4.79 Å². The number of hydrogen-bond donors (Lipinski definition) is 0. The van der Waals surface area contributed by atoms with Gasteiger partial charge < -0.3 is 4.74 Å². The molecule has 1 atom stereocenters. The molecule has 202 valence electrons. The van der Waals surface area contributed by atoms with Gasteiger partial charge in [0.15, 0.2) is 0 Å². The number of rotatable bonds is 17. The van der Waals surface area contributed by atoms with E-state index in [4.69, 9.17) is 4.74 Å². The van der Waals surface area contributed by atoms with Crippen LogP contribution < -0.4 is 0 Å². The van der Waals surface area contributed by atoms with Crippen molar-refractivity contribution in [2.75, 3.05) is 13.1 Å². The number of thiophene rings is 1. The van der Waals surface area contributed by atoms with Gasteiger partial charge in [0.1, 0.15) is 5.76 Å². The fourth-order valence-electron chi connectivity index (χ4n) is 5.01. The lowest BCUT2D eigenvalue weighted by Gasteiger charge is -2.32. The second-order valence-electron chi connectivity index (χ2n) is 10.3. The maximum absolute atomic E-state index is 12.5. The summed E-state index contributed by atoms with van der Waals surface area (Å²) >= 11 is 1.85. The van der Waals surface area contributed by atoms with Crippen LogP contribution in [0.1, 0.15) is 115 Å². The molecule has 1 aromatic heterocycles. The van der Waals surface area contributed by atoms with Crippen LogP contribution in [0.2, 0.25) is 0 Å². The Balaban J connectivity index is 1.76. The zero-order valence-corrected chi connectivity index (χ0v) is 24.0. The molecule has 0 saturated carbocycles. The third-order valence-corrected chi connectivity index (χ3v) is 7.99. The van der Waals surface area contributed by atoms with Gasteiger partial charge in [-0.2, -0.15) is 0 Å². The van der Waals surface area contributed by atoms with Crippen molar-refractivity contribution >= 4 is 17.3 Å². The van der Waals surface area contributed by atoms with Crippen molar-refractivity contribution in [3.63, 3.8) is 0 Å². The highest BCUT2D eigenvalue weighted by Gasteiger charge is 2.19. The summed E-state index contributed by atoms with van der Waals surface area (Å²) in [4.78, 5) is 16.6. The predicted molar refractivity (Wildman–Crippen MR) is 156 cm³/mol. The molecular formula is C32H51NO2S. The minimum absolute atomic E-state index is 0.0754. The molecular weight excluding hydrogens is 462 g/mol. The first-order chi connectivity index (χ1) is 17.6. The molecule has 0 N–H and O–H groups in total. The van der Waals surface area contributed by atoms with Crippen LogP contribution in [0, 0.1) is 0 Å². The van der Waals surface area contributed by atoms with Crippen LogP contribution in [0.5, 0.6) is 0 Å². The minimum atomic E-state index is -0.0754. The summed E-state index contributed by atoms with van der Waals surface area (Å²) in [6.45, 7) is 11.0. The number of carbonyl (C=O) groups excluding carboxylic acids is 1. The molecule has 36 heavy (non-hydrogen) atoms.